The summed E-state index contributed by atoms with van der Waals surface area (Å²) in [6.07, 6.45) is 1.56. The van der Waals surface area contributed by atoms with Crippen molar-refractivity contribution in [3.05, 3.63) is 58.9 Å². The molecule has 2 heterocycles. The molecule has 1 N–H and O–H groups in total. The van der Waals surface area contributed by atoms with Gasteiger partial charge in [-0.15, -0.1) is 0 Å². The molecule has 1 aromatic heterocycles. The zero-order valence-electron chi connectivity index (χ0n) is 18.3. The molecule has 30 heavy (non-hydrogen) atoms. The van der Waals surface area contributed by atoms with E-state index >= 15 is 0 Å². The van der Waals surface area contributed by atoms with Gasteiger partial charge in [0.2, 0.25) is 0 Å². The molecular weight excluding hydrogens is 378 g/mol. The van der Waals surface area contributed by atoms with Gasteiger partial charge in [-0.2, -0.15) is 0 Å². The molecule has 1 aliphatic heterocycles. The molecule has 0 radical (unpaired) electrons. The number of pyridine rings is 1. The van der Waals surface area contributed by atoms with Gasteiger partial charge in [-0.05, 0) is 49.9 Å². The first-order valence-electron chi connectivity index (χ1n) is 10.6. The molecule has 2 aromatic rings. The zero-order chi connectivity index (χ0) is 21.7. The summed E-state index contributed by atoms with van der Waals surface area (Å²) in [5.74, 6) is 1.05. The van der Waals surface area contributed by atoms with Crippen LogP contribution in [0.2, 0.25) is 0 Å². The van der Waals surface area contributed by atoms with E-state index in [9.17, 15) is 9.59 Å². The average molecular weight is 410 g/mol. The van der Waals surface area contributed by atoms with E-state index in [4.69, 9.17) is 9.72 Å². The first-order chi connectivity index (χ1) is 14.4. The second-order valence-electron chi connectivity index (χ2n) is 8.26. The number of carbonyl (C=O) groups is 2. The SMILES string of the molecule is COc1ccccc1C(=O)N1CCC(c2nc(C)ccc2C(=O)NCC(C)C)CC1. The molecule has 0 unspecified atom stereocenters. The van der Waals surface area contributed by atoms with Gasteiger partial charge < -0.3 is 15.0 Å². The van der Waals surface area contributed by atoms with Crippen molar-refractivity contribution in [2.45, 2.75) is 39.5 Å². The molecule has 6 nitrogen and oxygen atoms in total. The summed E-state index contributed by atoms with van der Waals surface area (Å²) in [6.45, 7) is 7.98. The summed E-state index contributed by atoms with van der Waals surface area (Å²) in [7, 11) is 1.58. The summed E-state index contributed by atoms with van der Waals surface area (Å²) in [6, 6.07) is 11.1. The van der Waals surface area contributed by atoms with Crippen molar-refractivity contribution in [2.24, 2.45) is 5.92 Å². The molecule has 160 valence electrons. The number of likely N-dealkylation sites (tertiary alicyclic amines) is 1. The van der Waals surface area contributed by atoms with E-state index < -0.39 is 0 Å². The van der Waals surface area contributed by atoms with Gasteiger partial charge in [0.15, 0.2) is 0 Å². The minimum absolute atomic E-state index is 0.0157. The Bertz CT molecular complexity index is 902. The topological polar surface area (TPSA) is 71.5 Å². The van der Waals surface area contributed by atoms with E-state index in [1.807, 2.05) is 36.1 Å². The predicted molar refractivity (Wildman–Crippen MR) is 117 cm³/mol. The number of aryl methyl sites for hydroxylation is 1. The van der Waals surface area contributed by atoms with Gasteiger partial charge in [0.1, 0.15) is 5.75 Å². The number of hydrogen-bond donors (Lipinski definition) is 1. The number of aromatic nitrogens is 1. The van der Waals surface area contributed by atoms with Crippen molar-refractivity contribution >= 4 is 11.8 Å². The number of methoxy groups -OCH3 is 1. The fraction of sp³-hybridized carbons (Fsp3) is 0.458. The third-order valence-corrected chi connectivity index (χ3v) is 5.49. The molecule has 1 aliphatic rings. The highest BCUT2D eigenvalue weighted by molar-refractivity contribution is 5.97. The first kappa shape index (κ1) is 21.8. The summed E-state index contributed by atoms with van der Waals surface area (Å²) in [5, 5.41) is 3.00. The van der Waals surface area contributed by atoms with E-state index in [1.54, 1.807) is 19.2 Å². The lowest BCUT2D eigenvalue weighted by atomic mass is 9.89. The van der Waals surface area contributed by atoms with Crippen LogP contribution in [-0.2, 0) is 0 Å². The van der Waals surface area contributed by atoms with Crippen LogP contribution < -0.4 is 10.1 Å². The Morgan fingerprint density at radius 3 is 2.50 bits per heavy atom. The Hall–Kier alpha value is -2.89. The molecule has 2 amide bonds. The predicted octanol–water partition coefficient (Wildman–Crippen LogP) is 3.80. The maximum atomic E-state index is 13.0. The molecule has 0 bridgehead atoms. The van der Waals surface area contributed by atoms with Crippen LogP contribution in [0, 0.1) is 12.8 Å². The van der Waals surface area contributed by atoms with Crippen LogP contribution in [0.5, 0.6) is 5.75 Å². The largest absolute Gasteiger partial charge is 0.496 e. The van der Waals surface area contributed by atoms with E-state index in [1.165, 1.54) is 0 Å². The van der Waals surface area contributed by atoms with Crippen molar-refractivity contribution in [3.8, 4) is 5.75 Å². The van der Waals surface area contributed by atoms with E-state index in [0.29, 0.717) is 42.4 Å². The number of ether oxygens (including phenoxy) is 1. The molecule has 0 saturated carbocycles. The van der Waals surface area contributed by atoms with Crippen LogP contribution in [0.1, 0.15) is 64.7 Å². The summed E-state index contributed by atoms with van der Waals surface area (Å²) < 4.78 is 5.34. The van der Waals surface area contributed by atoms with Crippen LogP contribution in [-0.4, -0.2) is 48.4 Å². The lowest BCUT2D eigenvalue weighted by molar-refractivity contribution is 0.0707. The molecule has 6 heteroatoms. The Morgan fingerprint density at radius 2 is 1.83 bits per heavy atom. The molecule has 0 spiro atoms. The molecule has 0 aliphatic carbocycles. The van der Waals surface area contributed by atoms with Crippen LogP contribution in [0.25, 0.3) is 0 Å². The number of carbonyl (C=O) groups excluding carboxylic acids is 2. The second-order valence-corrected chi connectivity index (χ2v) is 8.26. The first-order valence-corrected chi connectivity index (χ1v) is 10.6. The van der Waals surface area contributed by atoms with Gasteiger partial charge in [-0.3, -0.25) is 14.6 Å². The number of benzene rings is 1. The lowest BCUT2D eigenvalue weighted by Gasteiger charge is -2.32. The third-order valence-electron chi connectivity index (χ3n) is 5.49. The number of nitrogens with one attached hydrogen (secondary N) is 1. The monoisotopic (exact) mass is 409 g/mol. The Labute approximate surface area is 178 Å². The summed E-state index contributed by atoms with van der Waals surface area (Å²) in [5.41, 5.74) is 2.98. The highest BCUT2D eigenvalue weighted by atomic mass is 16.5. The molecule has 3 rings (SSSR count). The van der Waals surface area contributed by atoms with Gasteiger partial charge in [-0.1, -0.05) is 26.0 Å². The molecule has 0 atom stereocenters. The van der Waals surface area contributed by atoms with Crippen molar-refractivity contribution in [1.82, 2.24) is 15.2 Å². The summed E-state index contributed by atoms with van der Waals surface area (Å²) >= 11 is 0. The van der Waals surface area contributed by atoms with Gasteiger partial charge in [-0.25, -0.2) is 0 Å². The van der Waals surface area contributed by atoms with Gasteiger partial charge >= 0.3 is 0 Å². The zero-order valence-corrected chi connectivity index (χ0v) is 18.3. The number of para-hydroxylation sites is 1. The maximum Gasteiger partial charge on any atom is 0.257 e. The minimum Gasteiger partial charge on any atom is -0.496 e. The molecule has 1 fully saturated rings. The fourth-order valence-corrected chi connectivity index (χ4v) is 3.82. The van der Waals surface area contributed by atoms with Crippen LogP contribution >= 0.6 is 0 Å². The average Bonchev–Trinajstić information content (AvgIpc) is 2.77. The van der Waals surface area contributed by atoms with Crippen molar-refractivity contribution in [1.29, 1.82) is 0 Å². The van der Waals surface area contributed by atoms with E-state index in [2.05, 4.69) is 19.2 Å². The lowest BCUT2D eigenvalue weighted by Crippen LogP contribution is -2.38. The smallest absolute Gasteiger partial charge is 0.257 e. The fourth-order valence-electron chi connectivity index (χ4n) is 3.82. The second kappa shape index (κ2) is 9.74. The summed E-state index contributed by atoms with van der Waals surface area (Å²) in [4.78, 5) is 32.3. The van der Waals surface area contributed by atoms with Crippen molar-refractivity contribution in [3.63, 3.8) is 0 Å². The Morgan fingerprint density at radius 1 is 1.13 bits per heavy atom. The standard InChI is InChI=1S/C24H31N3O3/c1-16(2)15-25-23(28)20-10-9-17(3)26-22(20)18-11-13-27(14-12-18)24(29)19-7-5-6-8-21(19)30-4/h5-10,16,18H,11-15H2,1-4H3,(H,25,28). The van der Waals surface area contributed by atoms with E-state index in [-0.39, 0.29) is 17.7 Å². The Balaban J connectivity index is 1.72. The molecular formula is C24H31N3O3. The van der Waals surface area contributed by atoms with Gasteiger partial charge in [0.25, 0.3) is 11.8 Å². The molecule has 1 aromatic carbocycles. The highest BCUT2D eigenvalue weighted by Gasteiger charge is 2.29. The van der Waals surface area contributed by atoms with Crippen molar-refractivity contribution < 1.29 is 14.3 Å². The van der Waals surface area contributed by atoms with Gasteiger partial charge in [0.05, 0.1) is 23.9 Å². The number of nitrogens with zero attached hydrogens (tertiary/aromatic N) is 2. The van der Waals surface area contributed by atoms with Crippen LogP contribution in [0.3, 0.4) is 0 Å². The number of rotatable bonds is 6. The van der Waals surface area contributed by atoms with Gasteiger partial charge in [0, 0.05) is 31.2 Å². The van der Waals surface area contributed by atoms with E-state index in [0.717, 1.165) is 24.2 Å². The molecule has 1 saturated heterocycles. The number of hydrogen-bond acceptors (Lipinski definition) is 4. The third kappa shape index (κ3) is 4.99. The normalized spacial score (nSPS) is 14.6. The van der Waals surface area contributed by atoms with Crippen molar-refractivity contribution in [2.75, 3.05) is 26.7 Å². The van der Waals surface area contributed by atoms with Crippen LogP contribution in [0.4, 0.5) is 0 Å². The quantitative estimate of drug-likeness (QED) is 0.788. The van der Waals surface area contributed by atoms with Crippen LogP contribution in [0.15, 0.2) is 36.4 Å². The minimum atomic E-state index is -0.0706. The highest BCUT2D eigenvalue weighted by Crippen LogP contribution is 2.31. The Kier molecular flexibility index (Phi) is 7.08. The maximum absolute atomic E-state index is 13.0. The number of amides is 2. The number of piperidine rings is 1.